The molecule has 6 heteroatoms. The fourth-order valence-electron chi connectivity index (χ4n) is 2.42. The highest BCUT2D eigenvalue weighted by Gasteiger charge is 2.20. The molecule has 2 rings (SSSR count). The predicted molar refractivity (Wildman–Crippen MR) is 68.6 cm³/mol. The fraction of sp³-hybridized carbons (Fsp3) is 0.500. The molecule has 1 aliphatic rings. The number of hydrogen-bond acceptors (Lipinski definition) is 2. The molecular formula is C14H17F3N2O. The van der Waals surface area contributed by atoms with E-state index in [-0.39, 0.29) is 11.6 Å². The zero-order valence-corrected chi connectivity index (χ0v) is 11.0. The first kappa shape index (κ1) is 14.8. The van der Waals surface area contributed by atoms with Crippen LogP contribution in [0.2, 0.25) is 0 Å². The molecule has 1 amide bonds. The summed E-state index contributed by atoms with van der Waals surface area (Å²) in [5.74, 6) is -4.56. The van der Waals surface area contributed by atoms with Crippen molar-refractivity contribution in [1.29, 1.82) is 0 Å². The Morgan fingerprint density at radius 2 is 1.70 bits per heavy atom. The molecule has 110 valence electrons. The van der Waals surface area contributed by atoms with Gasteiger partial charge in [0.05, 0.1) is 0 Å². The maximum Gasteiger partial charge on any atom is 0.251 e. The smallest absolute Gasteiger partial charge is 0.251 e. The first-order valence-electron chi connectivity index (χ1n) is 6.65. The first-order chi connectivity index (χ1) is 9.47. The molecule has 0 saturated heterocycles. The van der Waals surface area contributed by atoms with E-state index in [1.54, 1.807) is 0 Å². The van der Waals surface area contributed by atoms with Crippen molar-refractivity contribution in [1.82, 2.24) is 5.32 Å². The Kier molecular flexibility index (Phi) is 4.65. The lowest BCUT2D eigenvalue weighted by Crippen LogP contribution is -2.34. The van der Waals surface area contributed by atoms with Gasteiger partial charge in [0.15, 0.2) is 17.5 Å². The van der Waals surface area contributed by atoms with Crippen molar-refractivity contribution in [3.8, 4) is 0 Å². The summed E-state index contributed by atoms with van der Waals surface area (Å²) in [6.07, 6.45) is 3.68. The topological polar surface area (TPSA) is 55.1 Å². The van der Waals surface area contributed by atoms with Crippen molar-refractivity contribution < 1.29 is 18.0 Å². The van der Waals surface area contributed by atoms with Crippen molar-refractivity contribution in [2.45, 2.75) is 31.7 Å². The van der Waals surface area contributed by atoms with Gasteiger partial charge >= 0.3 is 0 Å². The molecule has 0 atom stereocenters. The molecule has 0 radical (unpaired) electrons. The van der Waals surface area contributed by atoms with Crippen molar-refractivity contribution in [2.75, 3.05) is 6.54 Å². The molecule has 1 aromatic carbocycles. The van der Waals surface area contributed by atoms with Crippen molar-refractivity contribution in [3.05, 3.63) is 35.1 Å². The quantitative estimate of drug-likeness (QED) is 0.838. The minimum atomic E-state index is -1.57. The number of nitrogens with two attached hydrogens (primary N) is 1. The van der Waals surface area contributed by atoms with Gasteiger partial charge in [-0.05, 0) is 43.7 Å². The number of carbonyl (C=O) groups excluding carboxylic acids is 1. The van der Waals surface area contributed by atoms with Gasteiger partial charge in [-0.3, -0.25) is 4.79 Å². The molecule has 0 bridgehead atoms. The van der Waals surface area contributed by atoms with Crippen LogP contribution >= 0.6 is 0 Å². The molecule has 0 aromatic heterocycles. The largest absolute Gasteiger partial charge is 0.352 e. The monoisotopic (exact) mass is 286 g/mol. The maximum atomic E-state index is 13.0. The standard InChI is InChI=1S/C14H17F3N2O/c15-11-5-9(6-12(16)13(11)17)14(20)19-7-8-1-3-10(18)4-2-8/h5-6,8,10H,1-4,7,18H2,(H,19,20). The third-order valence-electron chi connectivity index (χ3n) is 3.69. The van der Waals surface area contributed by atoms with Crippen LogP contribution in [0.4, 0.5) is 13.2 Å². The van der Waals surface area contributed by atoms with E-state index in [2.05, 4.69) is 5.32 Å². The number of carbonyl (C=O) groups is 1. The minimum Gasteiger partial charge on any atom is -0.352 e. The van der Waals surface area contributed by atoms with Crippen molar-refractivity contribution >= 4 is 5.91 Å². The van der Waals surface area contributed by atoms with E-state index in [0.29, 0.717) is 24.6 Å². The number of rotatable bonds is 3. The van der Waals surface area contributed by atoms with Gasteiger partial charge in [0.25, 0.3) is 5.91 Å². The third-order valence-corrected chi connectivity index (χ3v) is 3.69. The predicted octanol–water partition coefficient (Wildman–Crippen LogP) is 2.35. The highest BCUT2D eigenvalue weighted by molar-refractivity contribution is 5.94. The van der Waals surface area contributed by atoms with Gasteiger partial charge in [0, 0.05) is 18.2 Å². The van der Waals surface area contributed by atoms with Crippen LogP contribution in [0.5, 0.6) is 0 Å². The Hall–Kier alpha value is -1.56. The van der Waals surface area contributed by atoms with Gasteiger partial charge in [0.2, 0.25) is 0 Å². The maximum absolute atomic E-state index is 13.0. The summed E-state index contributed by atoms with van der Waals surface area (Å²) in [5, 5.41) is 2.62. The molecule has 1 saturated carbocycles. The van der Waals surface area contributed by atoms with Gasteiger partial charge < -0.3 is 11.1 Å². The van der Waals surface area contributed by atoms with Gasteiger partial charge in [-0.1, -0.05) is 0 Å². The Morgan fingerprint density at radius 1 is 1.15 bits per heavy atom. The lowest BCUT2D eigenvalue weighted by atomic mass is 9.86. The third kappa shape index (κ3) is 3.50. The van der Waals surface area contributed by atoms with E-state index in [0.717, 1.165) is 25.7 Å². The minimum absolute atomic E-state index is 0.214. The average molecular weight is 286 g/mol. The molecule has 20 heavy (non-hydrogen) atoms. The van der Waals surface area contributed by atoms with Crippen molar-refractivity contribution in [3.63, 3.8) is 0 Å². The Bertz CT molecular complexity index is 476. The zero-order chi connectivity index (χ0) is 14.7. The highest BCUT2D eigenvalue weighted by Crippen LogP contribution is 2.22. The summed E-state index contributed by atoms with van der Waals surface area (Å²) in [6, 6.07) is 1.62. The van der Waals surface area contributed by atoms with Crippen LogP contribution in [0.25, 0.3) is 0 Å². The van der Waals surface area contributed by atoms with Crippen LogP contribution in [0.15, 0.2) is 12.1 Å². The molecule has 0 spiro atoms. The molecule has 1 fully saturated rings. The normalized spacial score (nSPS) is 22.6. The lowest BCUT2D eigenvalue weighted by molar-refractivity contribution is 0.0942. The molecule has 1 aromatic rings. The van der Waals surface area contributed by atoms with Crippen LogP contribution in [0.1, 0.15) is 36.0 Å². The van der Waals surface area contributed by atoms with E-state index < -0.39 is 23.4 Å². The summed E-state index contributed by atoms with van der Waals surface area (Å²) in [6.45, 7) is 0.437. The van der Waals surface area contributed by atoms with E-state index in [1.807, 2.05) is 0 Å². The first-order valence-corrected chi connectivity index (χ1v) is 6.65. The summed E-state index contributed by atoms with van der Waals surface area (Å²) < 4.78 is 38.9. The Labute approximate surface area is 115 Å². The molecular weight excluding hydrogens is 269 g/mol. The van der Waals surface area contributed by atoms with Crippen molar-refractivity contribution in [2.24, 2.45) is 11.7 Å². The van der Waals surface area contributed by atoms with E-state index >= 15 is 0 Å². The summed E-state index contributed by atoms with van der Waals surface area (Å²) in [7, 11) is 0. The lowest BCUT2D eigenvalue weighted by Gasteiger charge is -2.26. The van der Waals surface area contributed by atoms with Crippen LogP contribution in [-0.2, 0) is 0 Å². The molecule has 0 aliphatic heterocycles. The number of benzene rings is 1. The van der Waals surface area contributed by atoms with Gasteiger partial charge in [-0.25, -0.2) is 13.2 Å². The number of amides is 1. The summed E-state index contributed by atoms with van der Waals surface area (Å²) in [5.41, 5.74) is 5.57. The number of nitrogens with one attached hydrogen (secondary N) is 1. The second-order valence-electron chi connectivity index (χ2n) is 5.24. The Balaban J connectivity index is 1.92. The van der Waals surface area contributed by atoms with Crippen LogP contribution < -0.4 is 11.1 Å². The van der Waals surface area contributed by atoms with Crippen LogP contribution in [0.3, 0.4) is 0 Å². The van der Waals surface area contributed by atoms with E-state index in [1.165, 1.54) is 0 Å². The summed E-state index contributed by atoms with van der Waals surface area (Å²) in [4.78, 5) is 11.8. The number of halogens is 3. The zero-order valence-electron chi connectivity index (χ0n) is 11.0. The average Bonchev–Trinajstić information content (AvgIpc) is 2.43. The molecule has 3 N–H and O–H groups in total. The molecule has 0 heterocycles. The van der Waals surface area contributed by atoms with E-state index in [9.17, 15) is 18.0 Å². The molecule has 1 aliphatic carbocycles. The SMILES string of the molecule is NC1CCC(CNC(=O)c2cc(F)c(F)c(F)c2)CC1. The molecule has 3 nitrogen and oxygen atoms in total. The number of hydrogen-bond donors (Lipinski definition) is 2. The van der Waals surface area contributed by atoms with Crippen LogP contribution in [0, 0.1) is 23.4 Å². The summed E-state index contributed by atoms with van der Waals surface area (Å²) >= 11 is 0. The Morgan fingerprint density at radius 3 is 2.25 bits per heavy atom. The highest BCUT2D eigenvalue weighted by atomic mass is 19.2. The second-order valence-corrected chi connectivity index (χ2v) is 5.24. The van der Waals surface area contributed by atoms with Crippen LogP contribution in [-0.4, -0.2) is 18.5 Å². The molecule has 0 unspecified atom stereocenters. The second kappa shape index (κ2) is 6.26. The van der Waals surface area contributed by atoms with Gasteiger partial charge in [-0.2, -0.15) is 0 Å². The fourth-order valence-corrected chi connectivity index (χ4v) is 2.42. The van der Waals surface area contributed by atoms with E-state index in [4.69, 9.17) is 5.73 Å². The van der Waals surface area contributed by atoms with Gasteiger partial charge in [-0.15, -0.1) is 0 Å². The van der Waals surface area contributed by atoms with Gasteiger partial charge in [0.1, 0.15) is 0 Å².